The molecule has 47 heavy (non-hydrogen) atoms. The Kier molecular flexibility index (Phi) is 11.4. The Morgan fingerprint density at radius 3 is 2.04 bits per heavy atom. The van der Waals surface area contributed by atoms with Crippen LogP contribution in [0.1, 0.15) is 37.0 Å². The van der Waals surface area contributed by atoms with Crippen LogP contribution in [0.5, 0.6) is 0 Å². The average molecular weight is 670 g/mol. The highest BCUT2D eigenvalue weighted by atomic mass is 32.2. The molecule has 0 aromatic heterocycles. The molecule has 0 saturated carbocycles. The van der Waals surface area contributed by atoms with E-state index in [0.717, 1.165) is 12.1 Å². The lowest BCUT2D eigenvalue weighted by Crippen LogP contribution is -2.54. The fourth-order valence-electron chi connectivity index (χ4n) is 4.87. The summed E-state index contributed by atoms with van der Waals surface area (Å²) in [6, 6.07) is 23.4. The van der Waals surface area contributed by atoms with E-state index in [1.165, 1.54) is 59.5 Å². The summed E-state index contributed by atoms with van der Waals surface area (Å²) in [6.45, 7) is 2.53. The minimum absolute atomic E-state index is 0.0467. The average Bonchev–Trinajstić information content (AvgIpc) is 3.06. The van der Waals surface area contributed by atoms with Crippen molar-refractivity contribution in [2.45, 2.75) is 56.4 Å². The number of nitrogens with zero attached hydrogens (tertiary/aromatic N) is 2. The molecule has 4 aromatic rings. The van der Waals surface area contributed by atoms with Crippen molar-refractivity contribution in [1.82, 2.24) is 10.2 Å². The largest absolute Gasteiger partial charge is 0.416 e. The standard InChI is InChI=1S/C35H35F4N3O4S/c1-3-25(2)40-34(44)32(21-26-11-6-4-7-12-26)41(23-27-17-19-29(36)20-18-27)33(43)24-42(47(45,46)31-15-8-5-9-16-31)30-14-10-13-28(22-30)35(37,38)39/h4-20,22,25,32H,3,21,23-24H2,1-2H3,(H,40,44)/t25-,32-/m1/s1. The molecular formula is C35H35F4N3O4S. The van der Waals surface area contributed by atoms with E-state index in [4.69, 9.17) is 0 Å². The van der Waals surface area contributed by atoms with Crippen molar-refractivity contribution in [2.75, 3.05) is 10.8 Å². The van der Waals surface area contributed by atoms with Gasteiger partial charge in [-0.1, -0.05) is 73.7 Å². The first kappa shape index (κ1) is 35.1. The van der Waals surface area contributed by atoms with Crippen molar-refractivity contribution in [1.29, 1.82) is 0 Å². The van der Waals surface area contributed by atoms with E-state index in [0.29, 0.717) is 27.9 Å². The Bertz CT molecular complexity index is 1750. The lowest BCUT2D eigenvalue weighted by molar-refractivity contribution is -0.140. The van der Waals surface area contributed by atoms with Crippen LogP contribution in [-0.4, -0.2) is 43.8 Å². The van der Waals surface area contributed by atoms with Gasteiger partial charge in [0.15, 0.2) is 0 Å². The third-order valence-corrected chi connectivity index (χ3v) is 9.40. The highest BCUT2D eigenvalue weighted by molar-refractivity contribution is 7.92. The van der Waals surface area contributed by atoms with Crippen molar-refractivity contribution in [2.24, 2.45) is 0 Å². The summed E-state index contributed by atoms with van der Waals surface area (Å²) in [4.78, 5) is 29.2. The maximum Gasteiger partial charge on any atom is 0.416 e. The molecule has 2 atom stereocenters. The molecule has 0 aliphatic heterocycles. The number of nitrogens with one attached hydrogen (secondary N) is 1. The highest BCUT2D eigenvalue weighted by Crippen LogP contribution is 2.33. The van der Waals surface area contributed by atoms with Gasteiger partial charge in [-0.25, -0.2) is 12.8 Å². The van der Waals surface area contributed by atoms with Gasteiger partial charge in [-0.3, -0.25) is 13.9 Å². The molecule has 2 amide bonds. The number of anilines is 1. The van der Waals surface area contributed by atoms with Crippen molar-refractivity contribution >= 4 is 27.5 Å². The molecule has 248 valence electrons. The van der Waals surface area contributed by atoms with Gasteiger partial charge in [-0.15, -0.1) is 0 Å². The molecule has 7 nitrogen and oxygen atoms in total. The number of hydrogen-bond donors (Lipinski definition) is 1. The molecule has 0 spiro atoms. The van der Waals surface area contributed by atoms with Crippen LogP contribution in [0, 0.1) is 5.82 Å². The number of rotatable bonds is 13. The van der Waals surface area contributed by atoms with Crippen molar-refractivity contribution in [3.8, 4) is 0 Å². The van der Waals surface area contributed by atoms with Crippen LogP contribution in [0.15, 0.2) is 114 Å². The number of benzene rings is 4. The summed E-state index contributed by atoms with van der Waals surface area (Å²) in [6.07, 6.45) is -4.15. The lowest BCUT2D eigenvalue weighted by atomic mass is 10.0. The van der Waals surface area contributed by atoms with Gasteiger partial charge in [0.2, 0.25) is 11.8 Å². The second kappa shape index (κ2) is 15.3. The molecule has 4 rings (SSSR count). The Morgan fingerprint density at radius 1 is 0.830 bits per heavy atom. The second-order valence-electron chi connectivity index (χ2n) is 11.0. The predicted molar refractivity (Wildman–Crippen MR) is 171 cm³/mol. The molecule has 0 heterocycles. The van der Waals surface area contributed by atoms with Crippen LogP contribution in [0.25, 0.3) is 0 Å². The molecule has 0 unspecified atom stereocenters. The number of sulfonamides is 1. The van der Waals surface area contributed by atoms with Crippen LogP contribution in [0.3, 0.4) is 0 Å². The molecule has 4 aromatic carbocycles. The smallest absolute Gasteiger partial charge is 0.352 e. The summed E-state index contributed by atoms with van der Waals surface area (Å²) >= 11 is 0. The Balaban J connectivity index is 1.84. The number of carbonyl (C=O) groups is 2. The quantitative estimate of drug-likeness (QED) is 0.163. The fourth-order valence-corrected chi connectivity index (χ4v) is 6.29. The summed E-state index contributed by atoms with van der Waals surface area (Å²) < 4.78 is 83.6. The SMILES string of the molecule is CC[C@@H](C)NC(=O)[C@@H](Cc1ccccc1)N(Cc1ccc(F)cc1)C(=O)CN(c1cccc(C(F)(F)F)c1)S(=O)(=O)c1ccccc1. The summed E-state index contributed by atoms with van der Waals surface area (Å²) in [5.41, 5.74) is -0.331. The zero-order valence-electron chi connectivity index (χ0n) is 25.8. The van der Waals surface area contributed by atoms with E-state index in [9.17, 15) is 35.6 Å². The van der Waals surface area contributed by atoms with E-state index in [1.54, 1.807) is 43.3 Å². The third-order valence-electron chi connectivity index (χ3n) is 7.61. The van der Waals surface area contributed by atoms with Crippen LogP contribution in [0.4, 0.5) is 23.2 Å². The molecule has 0 saturated heterocycles. The van der Waals surface area contributed by atoms with Gasteiger partial charge in [-0.05, 0) is 66.9 Å². The normalized spacial score (nSPS) is 13.0. The lowest BCUT2D eigenvalue weighted by Gasteiger charge is -2.34. The first-order chi connectivity index (χ1) is 22.3. The topological polar surface area (TPSA) is 86.8 Å². The maximum atomic E-state index is 14.4. The van der Waals surface area contributed by atoms with Gasteiger partial charge < -0.3 is 10.2 Å². The summed E-state index contributed by atoms with van der Waals surface area (Å²) in [5, 5.41) is 2.90. The van der Waals surface area contributed by atoms with Crippen molar-refractivity contribution in [3.05, 3.63) is 132 Å². The number of amides is 2. The summed E-state index contributed by atoms with van der Waals surface area (Å²) in [5.74, 6) is -1.88. The van der Waals surface area contributed by atoms with Gasteiger partial charge in [0, 0.05) is 19.0 Å². The molecule has 1 N–H and O–H groups in total. The first-order valence-corrected chi connectivity index (χ1v) is 16.4. The van der Waals surface area contributed by atoms with Gasteiger partial charge in [0.1, 0.15) is 18.4 Å². The number of alkyl halides is 3. The number of halogens is 4. The molecule has 0 radical (unpaired) electrons. The van der Waals surface area contributed by atoms with Crippen LogP contribution >= 0.6 is 0 Å². The van der Waals surface area contributed by atoms with Gasteiger partial charge in [0.05, 0.1) is 16.1 Å². The molecule has 0 bridgehead atoms. The van der Waals surface area contributed by atoms with E-state index < -0.39 is 52.0 Å². The zero-order chi connectivity index (χ0) is 34.2. The van der Waals surface area contributed by atoms with E-state index in [1.807, 2.05) is 6.92 Å². The van der Waals surface area contributed by atoms with E-state index >= 15 is 0 Å². The third kappa shape index (κ3) is 9.19. The Hall–Kier alpha value is -4.71. The van der Waals surface area contributed by atoms with Crippen LogP contribution in [-0.2, 0) is 38.8 Å². The minimum atomic E-state index is -4.79. The van der Waals surface area contributed by atoms with Crippen molar-refractivity contribution in [3.63, 3.8) is 0 Å². The highest BCUT2D eigenvalue weighted by Gasteiger charge is 2.36. The Morgan fingerprint density at radius 2 is 1.45 bits per heavy atom. The first-order valence-electron chi connectivity index (χ1n) is 14.9. The maximum absolute atomic E-state index is 14.4. The predicted octanol–water partition coefficient (Wildman–Crippen LogP) is 6.59. The zero-order valence-corrected chi connectivity index (χ0v) is 26.6. The number of hydrogen-bond acceptors (Lipinski definition) is 4. The second-order valence-corrected chi connectivity index (χ2v) is 12.9. The molecule has 0 fully saturated rings. The van der Waals surface area contributed by atoms with Gasteiger partial charge in [0.25, 0.3) is 10.0 Å². The van der Waals surface area contributed by atoms with Crippen molar-refractivity contribution < 1.29 is 35.6 Å². The minimum Gasteiger partial charge on any atom is -0.352 e. The van der Waals surface area contributed by atoms with Gasteiger partial charge >= 0.3 is 6.18 Å². The van der Waals surface area contributed by atoms with Crippen LogP contribution < -0.4 is 9.62 Å². The molecule has 12 heteroatoms. The monoisotopic (exact) mass is 669 g/mol. The van der Waals surface area contributed by atoms with E-state index in [-0.39, 0.29) is 29.6 Å². The number of carbonyl (C=O) groups excluding carboxylic acids is 2. The van der Waals surface area contributed by atoms with Gasteiger partial charge in [-0.2, -0.15) is 13.2 Å². The van der Waals surface area contributed by atoms with E-state index in [2.05, 4.69) is 5.32 Å². The molecule has 0 aliphatic rings. The molecular weight excluding hydrogens is 634 g/mol. The summed E-state index contributed by atoms with van der Waals surface area (Å²) in [7, 11) is -4.58. The van der Waals surface area contributed by atoms with Crippen LogP contribution in [0.2, 0.25) is 0 Å². The fraction of sp³-hybridized carbons (Fsp3) is 0.257. The molecule has 0 aliphatic carbocycles. The Labute approximate surface area is 271 Å².